The average Bonchev–Trinajstić information content (AvgIpc) is 3.11. The SMILES string of the molecule is CCC(CC1CC1)NCc1cc2c(cc1O)OCO2. The molecule has 0 aromatic heterocycles. The van der Waals surface area contributed by atoms with Crippen LogP contribution in [-0.2, 0) is 6.54 Å². The van der Waals surface area contributed by atoms with Crippen LogP contribution >= 0.6 is 0 Å². The van der Waals surface area contributed by atoms with Gasteiger partial charge in [-0.1, -0.05) is 19.8 Å². The van der Waals surface area contributed by atoms with Gasteiger partial charge in [-0.15, -0.1) is 0 Å². The molecule has 1 saturated carbocycles. The summed E-state index contributed by atoms with van der Waals surface area (Å²) in [5, 5.41) is 13.5. The minimum absolute atomic E-state index is 0.241. The number of benzene rings is 1. The van der Waals surface area contributed by atoms with Crippen LogP contribution in [0, 0.1) is 5.92 Å². The van der Waals surface area contributed by atoms with Crippen LogP contribution in [0.1, 0.15) is 38.2 Å². The summed E-state index contributed by atoms with van der Waals surface area (Å²) in [4.78, 5) is 0. The molecule has 0 spiro atoms. The minimum Gasteiger partial charge on any atom is -0.507 e. The normalized spacial score (nSPS) is 18.6. The molecule has 3 rings (SSSR count). The Hall–Kier alpha value is -1.42. The molecule has 1 fully saturated rings. The van der Waals surface area contributed by atoms with E-state index in [4.69, 9.17) is 9.47 Å². The Morgan fingerprint density at radius 1 is 1.32 bits per heavy atom. The van der Waals surface area contributed by atoms with Crippen molar-refractivity contribution in [1.82, 2.24) is 5.32 Å². The summed E-state index contributed by atoms with van der Waals surface area (Å²) in [5.74, 6) is 2.55. The summed E-state index contributed by atoms with van der Waals surface area (Å²) in [6, 6.07) is 4.05. The fraction of sp³-hybridized carbons (Fsp3) is 0.600. The zero-order valence-electron chi connectivity index (χ0n) is 11.3. The highest BCUT2D eigenvalue weighted by Crippen LogP contribution is 2.38. The number of fused-ring (bicyclic) bond motifs is 1. The second kappa shape index (κ2) is 5.29. The van der Waals surface area contributed by atoms with Gasteiger partial charge in [0.15, 0.2) is 11.5 Å². The smallest absolute Gasteiger partial charge is 0.231 e. The Balaban J connectivity index is 1.62. The van der Waals surface area contributed by atoms with Crippen LogP contribution < -0.4 is 14.8 Å². The first-order chi connectivity index (χ1) is 9.26. The molecule has 1 aliphatic carbocycles. The number of aromatic hydroxyl groups is 1. The van der Waals surface area contributed by atoms with Crippen molar-refractivity contribution >= 4 is 0 Å². The molecule has 19 heavy (non-hydrogen) atoms. The molecule has 1 atom stereocenters. The van der Waals surface area contributed by atoms with Crippen molar-refractivity contribution in [3.8, 4) is 17.2 Å². The van der Waals surface area contributed by atoms with E-state index in [1.165, 1.54) is 19.3 Å². The third-order valence-electron chi connectivity index (χ3n) is 3.96. The molecular formula is C15H21NO3. The van der Waals surface area contributed by atoms with Crippen LogP contribution in [0.15, 0.2) is 12.1 Å². The lowest BCUT2D eigenvalue weighted by Crippen LogP contribution is -2.28. The highest BCUT2D eigenvalue weighted by molar-refractivity contribution is 5.51. The van der Waals surface area contributed by atoms with Crippen LogP contribution in [0.3, 0.4) is 0 Å². The molecule has 0 saturated heterocycles. The lowest BCUT2D eigenvalue weighted by molar-refractivity contribution is 0.174. The topological polar surface area (TPSA) is 50.7 Å². The third kappa shape index (κ3) is 2.95. The van der Waals surface area contributed by atoms with E-state index in [9.17, 15) is 5.11 Å². The predicted octanol–water partition coefficient (Wildman–Crippen LogP) is 2.79. The summed E-state index contributed by atoms with van der Waals surface area (Å²) >= 11 is 0. The number of hydrogen-bond acceptors (Lipinski definition) is 4. The first-order valence-electron chi connectivity index (χ1n) is 7.11. The van der Waals surface area contributed by atoms with Gasteiger partial charge in [0, 0.05) is 24.2 Å². The lowest BCUT2D eigenvalue weighted by Gasteiger charge is -2.17. The van der Waals surface area contributed by atoms with Gasteiger partial charge in [0.2, 0.25) is 6.79 Å². The van der Waals surface area contributed by atoms with Crippen LogP contribution in [0.2, 0.25) is 0 Å². The molecular weight excluding hydrogens is 242 g/mol. The van der Waals surface area contributed by atoms with E-state index in [-0.39, 0.29) is 12.5 Å². The Bertz CT molecular complexity index is 457. The second-order valence-corrected chi connectivity index (χ2v) is 5.50. The molecule has 0 amide bonds. The molecule has 1 aliphatic heterocycles. The Kier molecular flexibility index (Phi) is 3.51. The number of rotatable bonds is 6. The summed E-state index contributed by atoms with van der Waals surface area (Å²) in [6.45, 7) is 3.12. The van der Waals surface area contributed by atoms with E-state index in [1.807, 2.05) is 6.07 Å². The van der Waals surface area contributed by atoms with Crippen LogP contribution in [-0.4, -0.2) is 17.9 Å². The maximum Gasteiger partial charge on any atom is 0.231 e. The predicted molar refractivity (Wildman–Crippen MR) is 72.5 cm³/mol. The van der Waals surface area contributed by atoms with Crippen molar-refractivity contribution < 1.29 is 14.6 Å². The zero-order chi connectivity index (χ0) is 13.2. The van der Waals surface area contributed by atoms with Gasteiger partial charge in [-0.2, -0.15) is 0 Å². The largest absolute Gasteiger partial charge is 0.507 e. The first kappa shape index (κ1) is 12.6. The molecule has 0 bridgehead atoms. The molecule has 1 unspecified atom stereocenters. The van der Waals surface area contributed by atoms with Gasteiger partial charge in [-0.05, 0) is 24.8 Å². The van der Waals surface area contributed by atoms with Crippen molar-refractivity contribution in [3.63, 3.8) is 0 Å². The number of ether oxygens (including phenoxy) is 2. The fourth-order valence-electron chi connectivity index (χ4n) is 2.52. The summed E-state index contributed by atoms with van der Waals surface area (Å²) in [6.07, 6.45) is 5.14. The van der Waals surface area contributed by atoms with E-state index < -0.39 is 0 Å². The molecule has 4 nitrogen and oxygen atoms in total. The van der Waals surface area contributed by atoms with Gasteiger partial charge in [0.25, 0.3) is 0 Å². The average molecular weight is 263 g/mol. The Morgan fingerprint density at radius 2 is 2.05 bits per heavy atom. The van der Waals surface area contributed by atoms with Gasteiger partial charge < -0.3 is 19.9 Å². The Labute approximate surface area is 113 Å². The molecule has 1 aromatic rings. The van der Waals surface area contributed by atoms with Crippen molar-refractivity contribution in [3.05, 3.63) is 17.7 Å². The van der Waals surface area contributed by atoms with Gasteiger partial charge in [-0.25, -0.2) is 0 Å². The molecule has 2 aliphatic rings. The third-order valence-corrected chi connectivity index (χ3v) is 3.96. The standard InChI is InChI=1S/C15H21NO3/c1-2-12(5-10-3-4-10)16-8-11-6-14-15(7-13(11)17)19-9-18-14/h6-7,10,12,16-17H,2-5,8-9H2,1H3. The summed E-state index contributed by atoms with van der Waals surface area (Å²) in [5.41, 5.74) is 0.874. The van der Waals surface area contributed by atoms with E-state index in [0.29, 0.717) is 18.3 Å². The van der Waals surface area contributed by atoms with Gasteiger partial charge in [0.05, 0.1) is 0 Å². The first-order valence-corrected chi connectivity index (χ1v) is 7.11. The Morgan fingerprint density at radius 3 is 2.74 bits per heavy atom. The molecule has 1 aromatic carbocycles. The van der Waals surface area contributed by atoms with E-state index in [0.717, 1.165) is 23.7 Å². The number of phenolic OH excluding ortho intramolecular Hbond substituents is 1. The van der Waals surface area contributed by atoms with Gasteiger partial charge in [0.1, 0.15) is 5.75 Å². The van der Waals surface area contributed by atoms with E-state index >= 15 is 0 Å². The maximum atomic E-state index is 9.98. The fourth-order valence-corrected chi connectivity index (χ4v) is 2.52. The zero-order valence-corrected chi connectivity index (χ0v) is 11.3. The molecule has 0 radical (unpaired) electrons. The number of nitrogens with one attached hydrogen (secondary N) is 1. The highest BCUT2D eigenvalue weighted by atomic mass is 16.7. The maximum absolute atomic E-state index is 9.98. The molecule has 104 valence electrons. The van der Waals surface area contributed by atoms with Gasteiger partial charge in [-0.3, -0.25) is 0 Å². The number of hydrogen-bond donors (Lipinski definition) is 2. The van der Waals surface area contributed by atoms with E-state index in [1.54, 1.807) is 6.07 Å². The van der Waals surface area contributed by atoms with Crippen molar-refractivity contribution in [2.45, 2.75) is 45.2 Å². The van der Waals surface area contributed by atoms with Crippen LogP contribution in [0.5, 0.6) is 17.2 Å². The lowest BCUT2D eigenvalue weighted by atomic mass is 10.1. The second-order valence-electron chi connectivity index (χ2n) is 5.50. The van der Waals surface area contributed by atoms with Gasteiger partial charge >= 0.3 is 0 Å². The minimum atomic E-state index is 0.241. The van der Waals surface area contributed by atoms with Crippen molar-refractivity contribution in [2.24, 2.45) is 5.92 Å². The van der Waals surface area contributed by atoms with Crippen LogP contribution in [0.25, 0.3) is 0 Å². The molecule has 1 heterocycles. The monoisotopic (exact) mass is 263 g/mol. The van der Waals surface area contributed by atoms with Crippen molar-refractivity contribution in [1.29, 1.82) is 0 Å². The van der Waals surface area contributed by atoms with E-state index in [2.05, 4.69) is 12.2 Å². The summed E-state index contributed by atoms with van der Waals surface area (Å²) in [7, 11) is 0. The molecule has 2 N–H and O–H groups in total. The van der Waals surface area contributed by atoms with Crippen LogP contribution in [0.4, 0.5) is 0 Å². The summed E-state index contributed by atoms with van der Waals surface area (Å²) < 4.78 is 10.6. The quantitative estimate of drug-likeness (QED) is 0.828. The highest BCUT2D eigenvalue weighted by Gasteiger charge is 2.24. The number of phenols is 1. The molecule has 4 heteroatoms. The van der Waals surface area contributed by atoms with Crippen molar-refractivity contribution in [2.75, 3.05) is 6.79 Å².